The lowest BCUT2D eigenvalue weighted by Gasteiger charge is -1.96. The Morgan fingerprint density at radius 3 is 3.14 bits per heavy atom. The third-order valence-corrected chi connectivity index (χ3v) is 1.57. The summed E-state index contributed by atoms with van der Waals surface area (Å²) in [5, 5.41) is 3.77. The molecule has 0 unspecified atom stereocenters. The average molecular weight is 191 g/mol. The zero-order chi connectivity index (χ0) is 10.2. The van der Waals surface area contributed by atoms with E-state index in [1.165, 1.54) is 0 Å². The van der Waals surface area contributed by atoms with Crippen molar-refractivity contribution in [1.29, 1.82) is 0 Å². The molecule has 14 heavy (non-hydrogen) atoms. The van der Waals surface area contributed by atoms with Gasteiger partial charge in [0.25, 0.3) is 5.91 Å². The highest BCUT2D eigenvalue weighted by Gasteiger charge is 2.02. The van der Waals surface area contributed by atoms with Gasteiger partial charge in [0.05, 0.1) is 0 Å². The smallest absolute Gasteiger partial charge is 0.266 e. The van der Waals surface area contributed by atoms with E-state index in [1.807, 2.05) is 6.92 Å². The van der Waals surface area contributed by atoms with Crippen molar-refractivity contribution in [3.05, 3.63) is 30.1 Å². The molecule has 0 saturated heterocycles. The van der Waals surface area contributed by atoms with Crippen molar-refractivity contribution in [2.45, 2.75) is 19.8 Å². The summed E-state index contributed by atoms with van der Waals surface area (Å²) in [6.45, 7) is 2.05. The van der Waals surface area contributed by atoms with Crippen LogP contribution in [0.5, 0.6) is 0 Å². The molecule has 0 radical (unpaired) electrons. The fraction of sp³-hybridized carbons (Fsp3) is 0.300. The van der Waals surface area contributed by atoms with Gasteiger partial charge in [0.1, 0.15) is 5.69 Å². The number of pyridine rings is 1. The Hall–Kier alpha value is -1.71. The number of nitrogens with one attached hydrogen (secondary N) is 1. The average Bonchev–Trinajstić information content (AvgIpc) is 2.25. The van der Waals surface area contributed by atoms with Crippen molar-refractivity contribution < 1.29 is 4.79 Å². The van der Waals surface area contributed by atoms with Crippen LogP contribution in [0.15, 0.2) is 29.5 Å². The number of hydrazone groups is 1. The highest BCUT2D eigenvalue weighted by Crippen LogP contribution is 1.92. The fourth-order valence-corrected chi connectivity index (χ4v) is 0.852. The van der Waals surface area contributed by atoms with Crippen LogP contribution in [-0.4, -0.2) is 17.1 Å². The molecule has 0 fully saturated rings. The number of nitrogens with zero attached hydrogens (tertiary/aromatic N) is 2. The lowest BCUT2D eigenvalue weighted by atomic mass is 10.3. The summed E-state index contributed by atoms with van der Waals surface area (Å²) >= 11 is 0. The van der Waals surface area contributed by atoms with E-state index in [9.17, 15) is 4.79 Å². The van der Waals surface area contributed by atoms with Gasteiger partial charge < -0.3 is 0 Å². The summed E-state index contributed by atoms with van der Waals surface area (Å²) in [4.78, 5) is 15.2. The quantitative estimate of drug-likeness (QED) is 0.580. The number of aromatic nitrogens is 1. The van der Waals surface area contributed by atoms with Gasteiger partial charge in [-0.2, -0.15) is 5.10 Å². The summed E-state index contributed by atoms with van der Waals surface area (Å²) in [7, 11) is 0. The Balaban J connectivity index is 2.44. The Kier molecular flexibility index (Phi) is 4.34. The van der Waals surface area contributed by atoms with E-state index in [4.69, 9.17) is 0 Å². The second-order valence-electron chi connectivity index (χ2n) is 2.76. The number of amides is 1. The molecule has 0 bridgehead atoms. The predicted octanol–water partition coefficient (Wildman–Crippen LogP) is 1.60. The van der Waals surface area contributed by atoms with Crippen molar-refractivity contribution >= 4 is 12.1 Å². The van der Waals surface area contributed by atoms with Gasteiger partial charge in [0.2, 0.25) is 0 Å². The summed E-state index contributed by atoms with van der Waals surface area (Å²) in [5.41, 5.74) is 2.78. The molecule has 0 aliphatic heterocycles. The number of hydrogen-bond acceptors (Lipinski definition) is 3. The molecule has 0 aromatic carbocycles. The molecule has 4 nitrogen and oxygen atoms in total. The summed E-state index contributed by atoms with van der Waals surface area (Å²) < 4.78 is 0. The van der Waals surface area contributed by atoms with Crippen LogP contribution in [0.4, 0.5) is 0 Å². The van der Waals surface area contributed by atoms with Crippen LogP contribution in [0, 0.1) is 0 Å². The summed E-state index contributed by atoms with van der Waals surface area (Å²) in [5.74, 6) is -0.280. The molecule has 1 aromatic heterocycles. The van der Waals surface area contributed by atoms with Crippen LogP contribution in [0.2, 0.25) is 0 Å². The fourth-order valence-electron chi connectivity index (χ4n) is 0.852. The molecular formula is C10H13N3O. The van der Waals surface area contributed by atoms with E-state index >= 15 is 0 Å². The lowest BCUT2D eigenvalue weighted by Crippen LogP contribution is -2.18. The van der Waals surface area contributed by atoms with Gasteiger partial charge in [0, 0.05) is 12.4 Å². The van der Waals surface area contributed by atoms with Crippen LogP contribution in [-0.2, 0) is 0 Å². The van der Waals surface area contributed by atoms with Gasteiger partial charge in [-0.1, -0.05) is 19.4 Å². The van der Waals surface area contributed by atoms with Gasteiger partial charge in [0.15, 0.2) is 0 Å². The van der Waals surface area contributed by atoms with Gasteiger partial charge >= 0.3 is 0 Å². The summed E-state index contributed by atoms with van der Waals surface area (Å²) in [6.07, 6.45) is 5.14. The first-order valence-electron chi connectivity index (χ1n) is 4.57. The topological polar surface area (TPSA) is 54.4 Å². The molecule has 0 spiro atoms. The van der Waals surface area contributed by atoms with Crippen molar-refractivity contribution in [3.8, 4) is 0 Å². The Bertz CT molecular complexity index is 308. The van der Waals surface area contributed by atoms with E-state index in [0.717, 1.165) is 12.8 Å². The minimum absolute atomic E-state index is 0.280. The van der Waals surface area contributed by atoms with E-state index in [0.29, 0.717) is 5.69 Å². The highest BCUT2D eigenvalue weighted by molar-refractivity contribution is 5.92. The molecule has 4 heteroatoms. The first-order valence-corrected chi connectivity index (χ1v) is 4.57. The molecule has 1 heterocycles. The molecule has 0 atom stereocenters. The molecule has 0 aliphatic carbocycles. The lowest BCUT2D eigenvalue weighted by molar-refractivity contribution is 0.0950. The van der Waals surface area contributed by atoms with Crippen LogP contribution in [0.3, 0.4) is 0 Å². The first kappa shape index (κ1) is 10.4. The van der Waals surface area contributed by atoms with Crippen molar-refractivity contribution in [2.24, 2.45) is 5.10 Å². The maximum atomic E-state index is 11.3. The molecule has 1 N–H and O–H groups in total. The van der Waals surface area contributed by atoms with Gasteiger partial charge in [-0.15, -0.1) is 0 Å². The molecular weight excluding hydrogens is 178 g/mol. The standard InChI is InChI=1S/C10H13N3O/c1-2-3-8-12-13-10(14)9-6-4-5-7-11-9/h4-8H,2-3H2,1H3,(H,13,14)/b12-8+. The predicted molar refractivity (Wildman–Crippen MR) is 55.1 cm³/mol. The maximum absolute atomic E-state index is 11.3. The minimum Gasteiger partial charge on any atom is -0.266 e. The molecule has 74 valence electrons. The minimum atomic E-state index is -0.280. The first-order chi connectivity index (χ1) is 6.84. The number of hydrogen-bond donors (Lipinski definition) is 1. The maximum Gasteiger partial charge on any atom is 0.289 e. The molecule has 0 aliphatic rings. The normalized spacial score (nSPS) is 10.4. The van der Waals surface area contributed by atoms with Crippen LogP contribution >= 0.6 is 0 Å². The van der Waals surface area contributed by atoms with Gasteiger partial charge in [-0.3, -0.25) is 9.78 Å². The van der Waals surface area contributed by atoms with Crippen molar-refractivity contribution in [1.82, 2.24) is 10.4 Å². The second kappa shape index (κ2) is 5.85. The largest absolute Gasteiger partial charge is 0.289 e. The van der Waals surface area contributed by atoms with Crippen molar-refractivity contribution in [2.75, 3.05) is 0 Å². The van der Waals surface area contributed by atoms with Crippen molar-refractivity contribution in [3.63, 3.8) is 0 Å². The third-order valence-electron chi connectivity index (χ3n) is 1.57. The van der Waals surface area contributed by atoms with Gasteiger partial charge in [-0.25, -0.2) is 5.43 Å². The molecule has 1 aromatic rings. The van der Waals surface area contributed by atoms with Crippen LogP contribution in [0.1, 0.15) is 30.3 Å². The number of unbranched alkanes of at least 4 members (excludes halogenated alkanes) is 1. The second-order valence-corrected chi connectivity index (χ2v) is 2.76. The molecule has 1 amide bonds. The number of carbonyl (C=O) groups is 1. The Labute approximate surface area is 83.1 Å². The van der Waals surface area contributed by atoms with Crippen LogP contribution < -0.4 is 5.43 Å². The summed E-state index contributed by atoms with van der Waals surface area (Å²) in [6, 6.07) is 5.17. The Morgan fingerprint density at radius 1 is 1.64 bits per heavy atom. The highest BCUT2D eigenvalue weighted by atomic mass is 16.2. The molecule has 0 saturated carbocycles. The van der Waals surface area contributed by atoms with E-state index in [-0.39, 0.29) is 5.91 Å². The van der Waals surface area contributed by atoms with Crippen LogP contribution in [0.25, 0.3) is 0 Å². The zero-order valence-corrected chi connectivity index (χ0v) is 8.10. The van der Waals surface area contributed by atoms with E-state index < -0.39 is 0 Å². The zero-order valence-electron chi connectivity index (χ0n) is 8.10. The van der Waals surface area contributed by atoms with Gasteiger partial charge in [-0.05, 0) is 18.6 Å². The molecule has 1 rings (SSSR count). The number of carbonyl (C=O) groups excluding carboxylic acids is 1. The Morgan fingerprint density at radius 2 is 2.50 bits per heavy atom. The SMILES string of the molecule is CCC/C=N/NC(=O)c1ccccn1. The van der Waals surface area contributed by atoms with E-state index in [1.54, 1.807) is 30.6 Å². The third kappa shape index (κ3) is 3.35. The van der Waals surface area contributed by atoms with E-state index in [2.05, 4.69) is 15.5 Å². The number of rotatable bonds is 4. The monoisotopic (exact) mass is 191 g/mol.